The first-order chi connectivity index (χ1) is 23.9. The number of amides is 1. The molecule has 0 aliphatic rings. The first-order valence-corrected chi connectivity index (χ1v) is 22.6. The Balaban J connectivity index is 4.14. The van der Waals surface area contributed by atoms with E-state index in [4.69, 9.17) is 14.8 Å². The van der Waals surface area contributed by atoms with E-state index in [2.05, 4.69) is 19.2 Å². The third-order valence-electron chi connectivity index (χ3n) is 9.71. The van der Waals surface area contributed by atoms with Gasteiger partial charge in [0.2, 0.25) is 5.91 Å². The van der Waals surface area contributed by atoms with E-state index in [1.165, 1.54) is 154 Å². The van der Waals surface area contributed by atoms with Gasteiger partial charge >= 0.3 is 7.82 Å². The van der Waals surface area contributed by atoms with Crippen molar-refractivity contribution in [2.24, 2.45) is 5.73 Å². The minimum atomic E-state index is -4.30. The van der Waals surface area contributed by atoms with Crippen molar-refractivity contribution in [3.63, 3.8) is 0 Å². The number of hydrogen-bond donors (Lipinski definition) is 4. The molecule has 0 radical (unpaired) electrons. The van der Waals surface area contributed by atoms with E-state index in [1.54, 1.807) is 0 Å². The Bertz CT molecular complexity index is 744. The van der Waals surface area contributed by atoms with Gasteiger partial charge in [0.1, 0.15) is 0 Å². The van der Waals surface area contributed by atoms with Crippen molar-refractivity contribution in [3.05, 3.63) is 0 Å². The molecule has 1 unspecified atom stereocenters. The summed E-state index contributed by atoms with van der Waals surface area (Å²) in [6.45, 7) is 4.23. The number of nitrogens with two attached hydrogens (primary N) is 1. The van der Waals surface area contributed by atoms with Crippen LogP contribution in [0.4, 0.5) is 0 Å². The summed E-state index contributed by atoms with van der Waals surface area (Å²) in [6.07, 6.45) is 38.2. The molecule has 294 valence electrons. The van der Waals surface area contributed by atoms with E-state index in [1.807, 2.05) is 0 Å². The number of carbonyl (C=O) groups is 1. The zero-order valence-electron chi connectivity index (χ0n) is 32.5. The summed E-state index contributed by atoms with van der Waals surface area (Å²) in [5, 5.41) is 13.8. The highest BCUT2D eigenvalue weighted by Gasteiger charge is 2.27. The quantitative estimate of drug-likeness (QED) is 0.0366. The lowest BCUT2D eigenvalue weighted by atomic mass is 10.0. The SMILES string of the molecule is CCCCCCCCCCCCCCCCCCC[C@@H](O)[C@H](COP(=O)(O)OCCN)NC(=O)CCCCCCCCCCCCCCC. The van der Waals surface area contributed by atoms with Crippen molar-refractivity contribution in [1.82, 2.24) is 5.32 Å². The van der Waals surface area contributed by atoms with Crippen LogP contribution in [-0.2, 0) is 18.4 Å². The zero-order valence-corrected chi connectivity index (χ0v) is 33.3. The van der Waals surface area contributed by atoms with E-state index in [-0.39, 0.29) is 25.7 Å². The predicted octanol–water partition coefficient (Wildman–Crippen LogP) is 11.4. The van der Waals surface area contributed by atoms with Gasteiger partial charge in [-0.05, 0) is 12.8 Å². The van der Waals surface area contributed by atoms with Gasteiger partial charge in [-0.3, -0.25) is 13.8 Å². The molecular formula is C40H83N2O6P. The second kappa shape index (κ2) is 37.3. The van der Waals surface area contributed by atoms with Gasteiger partial charge in [0.05, 0.1) is 25.4 Å². The van der Waals surface area contributed by atoms with Gasteiger partial charge in [-0.1, -0.05) is 200 Å². The summed E-state index contributed by atoms with van der Waals surface area (Å²) in [5.41, 5.74) is 5.37. The van der Waals surface area contributed by atoms with Crippen molar-refractivity contribution < 1.29 is 28.4 Å². The van der Waals surface area contributed by atoms with Crippen molar-refractivity contribution >= 4 is 13.7 Å². The van der Waals surface area contributed by atoms with Gasteiger partial charge in [-0.15, -0.1) is 0 Å². The van der Waals surface area contributed by atoms with Crippen LogP contribution in [0.1, 0.15) is 219 Å². The van der Waals surface area contributed by atoms with Crippen LogP contribution in [-0.4, -0.2) is 47.8 Å². The Kier molecular flexibility index (Phi) is 36.9. The van der Waals surface area contributed by atoms with Crippen molar-refractivity contribution in [2.75, 3.05) is 19.8 Å². The summed E-state index contributed by atoms with van der Waals surface area (Å²) in [7, 11) is -4.30. The Labute approximate surface area is 303 Å². The van der Waals surface area contributed by atoms with E-state index < -0.39 is 20.0 Å². The highest BCUT2D eigenvalue weighted by molar-refractivity contribution is 7.47. The molecule has 0 aromatic rings. The Hall–Kier alpha value is -0.500. The Morgan fingerprint density at radius 1 is 0.592 bits per heavy atom. The fourth-order valence-electron chi connectivity index (χ4n) is 6.49. The van der Waals surface area contributed by atoms with E-state index in [0.717, 1.165) is 38.5 Å². The largest absolute Gasteiger partial charge is 0.472 e. The van der Waals surface area contributed by atoms with Crippen LogP contribution in [0.15, 0.2) is 0 Å². The molecule has 0 spiro atoms. The normalized spacial score (nSPS) is 14.1. The topological polar surface area (TPSA) is 131 Å². The number of aliphatic hydroxyl groups excluding tert-OH is 1. The summed E-state index contributed by atoms with van der Waals surface area (Å²) < 4.78 is 22.1. The molecule has 1 amide bonds. The Morgan fingerprint density at radius 3 is 1.31 bits per heavy atom. The fraction of sp³-hybridized carbons (Fsp3) is 0.975. The molecule has 0 heterocycles. The number of aliphatic hydroxyl groups is 1. The molecule has 0 aromatic heterocycles. The van der Waals surface area contributed by atoms with Crippen LogP contribution in [0.2, 0.25) is 0 Å². The smallest absolute Gasteiger partial charge is 0.391 e. The summed E-state index contributed by atoms with van der Waals surface area (Å²) in [6, 6.07) is -0.766. The number of carbonyl (C=O) groups excluding carboxylic acids is 1. The minimum absolute atomic E-state index is 0.0924. The number of phosphoric ester groups is 1. The number of rotatable bonds is 40. The van der Waals surface area contributed by atoms with Crippen LogP contribution in [0.25, 0.3) is 0 Å². The van der Waals surface area contributed by atoms with Crippen LogP contribution in [0, 0.1) is 0 Å². The zero-order chi connectivity index (χ0) is 36.1. The maximum absolute atomic E-state index is 12.7. The molecular weight excluding hydrogens is 635 g/mol. The second-order valence-corrected chi connectivity index (χ2v) is 16.0. The average Bonchev–Trinajstić information content (AvgIpc) is 3.09. The highest BCUT2D eigenvalue weighted by Crippen LogP contribution is 2.43. The van der Waals surface area contributed by atoms with E-state index in [0.29, 0.717) is 12.8 Å². The molecule has 0 rings (SSSR count). The summed E-state index contributed by atoms with van der Waals surface area (Å²) in [4.78, 5) is 22.7. The standard InChI is InChI=1S/C40H83N2O6P/c1-3-5-7-9-11-13-15-17-18-19-20-22-23-25-27-29-31-33-39(43)38(37-48-49(45,46)47-36-35-41)42-40(44)34-32-30-28-26-24-21-16-14-12-10-8-6-4-2/h38-39,43H,3-37,41H2,1-2H3,(H,42,44)(H,45,46)/t38-,39+/m0/s1. The molecule has 0 saturated carbocycles. The molecule has 0 aliphatic heterocycles. The molecule has 49 heavy (non-hydrogen) atoms. The first-order valence-electron chi connectivity index (χ1n) is 21.2. The predicted molar refractivity (Wildman–Crippen MR) is 208 cm³/mol. The molecule has 0 saturated heterocycles. The van der Waals surface area contributed by atoms with E-state index >= 15 is 0 Å². The molecule has 0 bridgehead atoms. The monoisotopic (exact) mass is 719 g/mol. The second-order valence-electron chi connectivity index (χ2n) is 14.6. The molecule has 0 aromatic carbocycles. The molecule has 8 nitrogen and oxygen atoms in total. The first kappa shape index (κ1) is 48.5. The highest BCUT2D eigenvalue weighted by atomic mass is 31.2. The van der Waals surface area contributed by atoms with Gasteiger partial charge < -0.3 is 21.1 Å². The molecule has 3 atom stereocenters. The van der Waals surface area contributed by atoms with Crippen molar-refractivity contribution in [3.8, 4) is 0 Å². The third kappa shape index (κ3) is 35.7. The van der Waals surface area contributed by atoms with Crippen molar-refractivity contribution in [1.29, 1.82) is 0 Å². The molecule has 0 aliphatic carbocycles. The molecule has 5 N–H and O–H groups in total. The van der Waals surface area contributed by atoms with Crippen LogP contribution in [0.5, 0.6) is 0 Å². The minimum Gasteiger partial charge on any atom is -0.391 e. The maximum atomic E-state index is 12.7. The van der Waals surface area contributed by atoms with E-state index in [9.17, 15) is 19.4 Å². The van der Waals surface area contributed by atoms with Crippen molar-refractivity contribution in [2.45, 2.75) is 231 Å². The lowest BCUT2D eigenvalue weighted by Gasteiger charge is -2.25. The van der Waals surface area contributed by atoms with Gasteiger partial charge in [-0.2, -0.15) is 0 Å². The van der Waals surface area contributed by atoms with Gasteiger partial charge in [0.25, 0.3) is 0 Å². The fourth-order valence-corrected chi connectivity index (χ4v) is 7.25. The number of phosphoric acid groups is 1. The molecule has 0 fully saturated rings. The van der Waals surface area contributed by atoms with Gasteiger partial charge in [-0.25, -0.2) is 4.57 Å². The maximum Gasteiger partial charge on any atom is 0.472 e. The van der Waals surface area contributed by atoms with Crippen LogP contribution >= 0.6 is 7.82 Å². The number of nitrogens with one attached hydrogen (secondary N) is 1. The van der Waals surface area contributed by atoms with Gasteiger partial charge in [0.15, 0.2) is 0 Å². The van der Waals surface area contributed by atoms with Crippen LogP contribution < -0.4 is 11.1 Å². The van der Waals surface area contributed by atoms with Gasteiger partial charge in [0, 0.05) is 13.0 Å². The van der Waals surface area contributed by atoms with Crippen LogP contribution in [0.3, 0.4) is 0 Å². The Morgan fingerprint density at radius 2 is 0.939 bits per heavy atom. The lowest BCUT2D eigenvalue weighted by Crippen LogP contribution is -2.46. The summed E-state index contributed by atoms with van der Waals surface area (Å²) >= 11 is 0. The third-order valence-corrected chi connectivity index (χ3v) is 10.7. The number of hydrogen-bond acceptors (Lipinski definition) is 6. The average molecular weight is 719 g/mol. The summed E-state index contributed by atoms with van der Waals surface area (Å²) in [5.74, 6) is -0.159. The lowest BCUT2D eigenvalue weighted by molar-refractivity contribution is -0.123. The molecule has 9 heteroatoms. The number of unbranched alkanes of at least 4 members (excludes halogenated alkanes) is 28.